The van der Waals surface area contributed by atoms with Gasteiger partial charge in [-0.05, 0) is 57.2 Å². The summed E-state index contributed by atoms with van der Waals surface area (Å²) in [5, 5.41) is 20.2. The fourth-order valence-corrected chi connectivity index (χ4v) is 5.84. The lowest BCUT2D eigenvalue weighted by Gasteiger charge is -2.31. The van der Waals surface area contributed by atoms with Crippen LogP contribution in [-0.4, -0.2) is 45.1 Å². The Hall–Kier alpha value is -2.52. The average Bonchev–Trinajstić information content (AvgIpc) is 2.98. The molecule has 0 bridgehead atoms. The number of hydrogen-bond donors (Lipinski definition) is 2. The van der Waals surface area contributed by atoms with Crippen LogP contribution in [0.15, 0.2) is 36.4 Å². The Balaban J connectivity index is 1.77. The average molecular weight is 435 g/mol. The van der Waals surface area contributed by atoms with Gasteiger partial charge in [0.05, 0.1) is 23.4 Å². The Kier molecular flexibility index (Phi) is 4.48. The topological polar surface area (TPSA) is 86.4 Å². The SMILES string of the molecule is CC(O)(CN1C(=N)CC(C)(C)S1(=O)=O)Cn1c2ccc(F)cc2c2cc(F)ccc21. The van der Waals surface area contributed by atoms with Gasteiger partial charge < -0.3 is 9.67 Å². The van der Waals surface area contributed by atoms with Crippen molar-refractivity contribution >= 4 is 37.7 Å². The molecule has 0 radical (unpaired) electrons. The molecule has 1 aliphatic rings. The number of benzene rings is 2. The molecule has 0 aliphatic carbocycles. The highest BCUT2D eigenvalue weighted by Gasteiger charge is 2.50. The second kappa shape index (κ2) is 6.49. The number of nitrogens with one attached hydrogen (secondary N) is 1. The number of aromatic nitrogens is 1. The van der Waals surface area contributed by atoms with E-state index in [1.54, 1.807) is 30.5 Å². The van der Waals surface area contributed by atoms with E-state index in [4.69, 9.17) is 5.41 Å². The molecule has 160 valence electrons. The number of β-amino-alcohol motifs (C(OH)–C–C–N with tert-alkyl or cyclic N) is 1. The van der Waals surface area contributed by atoms with Crippen LogP contribution in [0.25, 0.3) is 21.8 Å². The highest BCUT2D eigenvalue weighted by Crippen LogP contribution is 2.36. The van der Waals surface area contributed by atoms with E-state index in [0.717, 1.165) is 4.31 Å². The third-order valence-electron chi connectivity index (χ3n) is 5.65. The zero-order chi connectivity index (χ0) is 22.1. The van der Waals surface area contributed by atoms with E-state index in [1.807, 2.05) is 0 Å². The molecule has 9 heteroatoms. The van der Waals surface area contributed by atoms with Crippen molar-refractivity contribution in [1.82, 2.24) is 8.87 Å². The second-order valence-corrected chi connectivity index (χ2v) is 11.3. The number of halogens is 2. The van der Waals surface area contributed by atoms with Crippen LogP contribution in [0.2, 0.25) is 0 Å². The molecule has 0 amide bonds. The maximum absolute atomic E-state index is 13.8. The Morgan fingerprint density at radius 2 is 1.57 bits per heavy atom. The zero-order valence-corrected chi connectivity index (χ0v) is 17.7. The van der Waals surface area contributed by atoms with Crippen molar-refractivity contribution in [3.05, 3.63) is 48.0 Å². The van der Waals surface area contributed by atoms with Crippen LogP contribution >= 0.6 is 0 Å². The molecule has 1 aromatic heterocycles. The number of fused-ring (bicyclic) bond motifs is 3. The lowest BCUT2D eigenvalue weighted by molar-refractivity contribution is 0.0359. The van der Waals surface area contributed by atoms with Crippen LogP contribution in [0.4, 0.5) is 8.78 Å². The fourth-order valence-electron chi connectivity index (χ4n) is 4.13. The lowest BCUT2D eigenvalue weighted by Crippen LogP contribution is -2.47. The first-order chi connectivity index (χ1) is 13.8. The number of rotatable bonds is 4. The highest BCUT2D eigenvalue weighted by molar-refractivity contribution is 7.91. The van der Waals surface area contributed by atoms with Crippen molar-refractivity contribution in [2.45, 2.75) is 44.1 Å². The molecule has 2 aromatic carbocycles. The molecule has 0 spiro atoms. The van der Waals surface area contributed by atoms with E-state index in [2.05, 4.69) is 0 Å². The van der Waals surface area contributed by atoms with Gasteiger partial charge in [-0.25, -0.2) is 17.2 Å². The smallest absolute Gasteiger partial charge is 0.241 e. The van der Waals surface area contributed by atoms with E-state index in [-0.39, 0.29) is 25.3 Å². The van der Waals surface area contributed by atoms with Gasteiger partial charge in [-0.3, -0.25) is 9.71 Å². The van der Waals surface area contributed by atoms with Crippen molar-refractivity contribution in [2.75, 3.05) is 6.54 Å². The van der Waals surface area contributed by atoms with Crippen molar-refractivity contribution in [3.8, 4) is 0 Å². The lowest BCUT2D eigenvalue weighted by atomic mass is 10.1. The van der Waals surface area contributed by atoms with E-state index in [9.17, 15) is 22.3 Å². The van der Waals surface area contributed by atoms with Gasteiger partial charge >= 0.3 is 0 Å². The molecule has 1 unspecified atom stereocenters. The van der Waals surface area contributed by atoms with Crippen LogP contribution in [0.5, 0.6) is 0 Å². The van der Waals surface area contributed by atoms with Gasteiger partial charge in [0.2, 0.25) is 10.0 Å². The van der Waals surface area contributed by atoms with Gasteiger partial charge in [-0.2, -0.15) is 0 Å². The van der Waals surface area contributed by atoms with Gasteiger partial charge in [-0.1, -0.05) is 0 Å². The summed E-state index contributed by atoms with van der Waals surface area (Å²) in [7, 11) is -3.78. The van der Waals surface area contributed by atoms with E-state index in [1.165, 1.54) is 31.2 Å². The zero-order valence-electron chi connectivity index (χ0n) is 16.9. The third kappa shape index (κ3) is 3.16. The summed E-state index contributed by atoms with van der Waals surface area (Å²) < 4.78 is 54.8. The predicted molar refractivity (Wildman–Crippen MR) is 112 cm³/mol. The third-order valence-corrected chi connectivity index (χ3v) is 8.13. The minimum absolute atomic E-state index is 0.0238. The summed E-state index contributed by atoms with van der Waals surface area (Å²) in [6, 6.07) is 8.29. The highest BCUT2D eigenvalue weighted by atomic mass is 32.2. The number of sulfonamides is 1. The van der Waals surface area contributed by atoms with Crippen molar-refractivity contribution in [2.24, 2.45) is 0 Å². The Morgan fingerprint density at radius 1 is 1.07 bits per heavy atom. The molecule has 30 heavy (non-hydrogen) atoms. The van der Waals surface area contributed by atoms with Gasteiger partial charge in [0.15, 0.2) is 0 Å². The van der Waals surface area contributed by atoms with Gasteiger partial charge in [0.1, 0.15) is 17.5 Å². The van der Waals surface area contributed by atoms with Crippen molar-refractivity contribution in [3.63, 3.8) is 0 Å². The Labute approximate surface area is 173 Å². The van der Waals surface area contributed by atoms with Gasteiger partial charge in [0.25, 0.3) is 0 Å². The van der Waals surface area contributed by atoms with E-state index >= 15 is 0 Å². The summed E-state index contributed by atoms with van der Waals surface area (Å²) in [6.45, 7) is 4.29. The molecule has 0 saturated carbocycles. The van der Waals surface area contributed by atoms with Crippen LogP contribution in [0, 0.1) is 17.0 Å². The number of amidine groups is 1. The molecular weight excluding hydrogens is 412 g/mol. The summed E-state index contributed by atoms with van der Waals surface area (Å²) in [5.41, 5.74) is -0.351. The summed E-state index contributed by atoms with van der Waals surface area (Å²) in [4.78, 5) is 0. The standard InChI is InChI=1S/C21H23F2N3O3S/c1-20(2)10-19(24)26(30(20,28)29)12-21(3,27)11-25-17-6-4-13(22)8-15(17)16-9-14(23)5-7-18(16)25/h4-9,24,27H,10-12H2,1-3H3. The first-order valence-electron chi connectivity index (χ1n) is 9.52. The molecule has 3 aromatic rings. The summed E-state index contributed by atoms with van der Waals surface area (Å²) in [5.74, 6) is -0.987. The monoisotopic (exact) mass is 435 g/mol. The second-order valence-electron chi connectivity index (χ2n) is 8.80. The van der Waals surface area contributed by atoms with Crippen molar-refractivity contribution in [1.29, 1.82) is 5.41 Å². The maximum atomic E-state index is 13.8. The summed E-state index contributed by atoms with van der Waals surface area (Å²) >= 11 is 0. The predicted octanol–water partition coefficient (Wildman–Crippen LogP) is 3.62. The molecule has 2 heterocycles. The number of nitrogens with zero attached hydrogens (tertiary/aromatic N) is 2. The van der Waals surface area contributed by atoms with E-state index in [0.29, 0.717) is 21.8 Å². The minimum atomic E-state index is -3.78. The molecule has 4 rings (SSSR count). The number of hydrogen-bond acceptors (Lipinski definition) is 4. The largest absolute Gasteiger partial charge is 0.386 e. The summed E-state index contributed by atoms with van der Waals surface area (Å²) in [6.07, 6.45) is 0.0688. The van der Waals surface area contributed by atoms with Crippen LogP contribution in [-0.2, 0) is 16.6 Å². The Bertz CT molecular complexity index is 1240. The quantitative estimate of drug-likeness (QED) is 0.656. The molecule has 1 saturated heterocycles. The first-order valence-corrected chi connectivity index (χ1v) is 11.0. The minimum Gasteiger partial charge on any atom is -0.386 e. The molecule has 1 atom stereocenters. The Morgan fingerprint density at radius 3 is 2.00 bits per heavy atom. The van der Waals surface area contributed by atoms with Crippen LogP contribution < -0.4 is 0 Å². The molecule has 1 fully saturated rings. The molecule has 1 aliphatic heterocycles. The van der Waals surface area contributed by atoms with E-state index < -0.39 is 32.0 Å². The fraction of sp³-hybridized carbons (Fsp3) is 0.381. The molecule has 6 nitrogen and oxygen atoms in total. The molecule has 2 N–H and O–H groups in total. The maximum Gasteiger partial charge on any atom is 0.241 e. The van der Waals surface area contributed by atoms with Gasteiger partial charge in [0, 0.05) is 28.2 Å². The normalized spacial score (nSPS) is 20.2. The van der Waals surface area contributed by atoms with Gasteiger partial charge in [-0.15, -0.1) is 0 Å². The number of aliphatic hydroxyl groups is 1. The van der Waals surface area contributed by atoms with Crippen LogP contribution in [0.3, 0.4) is 0 Å². The first kappa shape index (κ1) is 20.7. The molecular formula is C21H23F2N3O3S. The van der Waals surface area contributed by atoms with Crippen LogP contribution in [0.1, 0.15) is 27.2 Å². The van der Waals surface area contributed by atoms with Crippen molar-refractivity contribution < 1.29 is 22.3 Å².